The highest BCUT2D eigenvalue weighted by Crippen LogP contribution is 2.76. The molecule has 0 saturated heterocycles. The zero-order chi connectivity index (χ0) is 10.8. The van der Waals surface area contributed by atoms with Crippen LogP contribution in [0.4, 0.5) is 0 Å². The molecule has 3 rings (SSSR count). The molecular weight excluding hydrogens is 184 g/mol. The molecule has 84 valence electrons. The lowest BCUT2D eigenvalue weighted by Gasteiger charge is -2.35. The van der Waals surface area contributed by atoms with Crippen LogP contribution in [0, 0.1) is 35.0 Å². The van der Waals surface area contributed by atoms with Gasteiger partial charge in [0.1, 0.15) is 5.78 Å². The molecule has 3 aliphatic carbocycles. The first-order valence-corrected chi connectivity index (χ1v) is 6.61. The number of carbonyl (C=O) groups excluding carboxylic acids is 1. The molecule has 0 amide bonds. The van der Waals surface area contributed by atoms with Crippen LogP contribution < -0.4 is 0 Å². The third-order valence-corrected chi connectivity index (χ3v) is 5.77. The summed E-state index contributed by atoms with van der Waals surface area (Å²) < 4.78 is 0. The molecule has 0 aromatic carbocycles. The minimum Gasteiger partial charge on any atom is -0.299 e. The van der Waals surface area contributed by atoms with E-state index in [0.29, 0.717) is 17.1 Å². The summed E-state index contributed by atoms with van der Waals surface area (Å²) in [6, 6.07) is 0. The SMILES string of the molecule is CC(C)[C@@H]1CC[C@H](C)[C@@]23CCC(=O)[C@@H]2[C@@H]13. The van der Waals surface area contributed by atoms with Gasteiger partial charge in [-0.15, -0.1) is 0 Å². The molecule has 3 fully saturated rings. The number of hydrogen-bond donors (Lipinski definition) is 0. The van der Waals surface area contributed by atoms with Crippen molar-refractivity contribution in [3.8, 4) is 0 Å². The molecule has 15 heavy (non-hydrogen) atoms. The zero-order valence-electron chi connectivity index (χ0n) is 10.1. The Kier molecular flexibility index (Phi) is 1.88. The van der Waals surface area contributed by atoms with Gasteiger partial charge in [-0.2, -0.15) is 0 Å². The lowest BCUT2D eigenvalue weighted by Crippen LogP contribution is -2.27. The largest absolute Gasteiger partial charge is 0.299 e. The molecular formula is C14H22O. The second kappa shape index (κ2) is 2.87. The Morgan fingerprint density at radius 2 is 2.07 bits per heavy atom. The minimum atomic E-state index is 0.488. The molecule has 0 heterocycles. The van der Waals surface area contributed by atoms with Crippen molar-refractivity contribution in [1.29, 1.82) is 0 Å². The van der Waals surface area contributed by atoms with Crippen LogP contribution in [0.15, 0.2) is 0 Å². The van der Waals surface area contributed by atoms with Crippen LogP contribution in [0.3, 0.4) is 0 Å². The Labute approximate surface area is 92.6 Å². The smallest absolute Gasteiger partial charge is 0.136 e. The van der Waals surface area contributed by atoms with Crippen molar-refractivity contribution in [2.24, 2.45) is 35.0 Å². The molecule has 0 bridgehead atoms. The predicted molar refractivity (Wildman–Crippen MR) is 60.4 cm³/mol. The quantitative estimate of drug-likeness (QED) is 0.643. The topological polar surface area (TPSA) is 17.1 Å². The van der Waals surface area contributed by atoms with Crippen LogP contribution in [0.1, 0.15) is 46.5 Å². The van der Waals surface area contributed by atoms with Crippen molar-refractivity contribution < 1.29 is 4.79 Å². The van der Waals surface area contributed by atoms with Gasteiger partial charge < -0.3 is 0 Å². The van der Waals surface area contributed by atoms with Crippen LogP contribution in [0.2, 0.25) is 0 Å². The van der Waals surface area contributed by atoms with Gasteiger partial charge in [-0.1, -0.05) is 20.8 Å². The second-order valence-corrected chi connectivity index (χ2v) is 6.47. The van der Waals surface area contributed by atoms with Gasteiger partial charge in [-0.3, -0.25) is 4.79 Å². The average molecular weight is 206 g/mol. The number of Topliss-reactive ketones (excluding diaryl/α,β-unsaturated/α-hetero) is 1. The first kappa shape index (κ1) is 9.86. The monoisotopic (exact) mass is 206 g/mol. The maximum absolute atomic E-state index is 11.9. The first-order chi connectivity index (χ1) is 7.09. The minimum absolute atomic E-state index is 0.488. The number of hydrogen-bond acceptors (Lipinski definition) is 1. The first-order valence-electron chi connectivity index (χ1n) is 6.61. The van der Waals surface area contributed by atoms with Gasteiger partial charge >= 0.3 is 0 Å². The van der Waals surface area contributed by atoms with Crippen molar-refractivity contribution >= 4 is 5.78 Å². The van der Waals surface area contributed by atoms with E-state index < -0.39 is 0 Å². The maximum atomic E-state index is 11.9. The van der Waals surface area contributed by atoms with Gasteiger partial charge in [0.2, 0.25) is 0 Å². The average Bonchev–Trinajstić information content (AvgIpc) is 2.75. The molecule has 0 N–H and O–H groups in total. The number of fused-ring (bicyclic) bond motifs is 1. The third-order valence-electron chi connectivity index (χ3n) is 5.77. The lowest BCUT2D eigenvalue weighted by molar-refractivity contribution is -0.119. The van der Waals surface area contributed by atoms with E-state index in [-0.39, 0.29) is 0 Å². The number of ketones is 1. The molecule has 3 aliphatic rings. The van der Waals surface area contributed by atoms with Crippen LogP contribution in [0.25, 0.3) is 0 Å². The van der Waals surface area contributed by atoms with Crippen LogP contribution in [-0.2, 0) is 4.79 Å². The van der Waals surface area contributed by atoms with Crippen molar-refractivity contribution in [3.63, 3.8) is 0 Å². The molecule has 3 saturated carbocycles. The highest BCUT2D eigenvalue weighted by atomic mass is 16.1. The van der Waals surface area contributed by atoms with E-state index in [0.717, 1.165) is 30.1 Å². The molecule has 1 spiro atoms. The molecule has 0 aliphatic heterocycles. The Balaban J connectivity index is 1.91. The van der Waals surface area contributed by atoms with Gasteiger partial charge in [-0.25, -0.2) is 0 Å². The molecule has 0 radical (unpaired) electrons. The predicted octanol–water partition coefficient (Wildman–Crippen LogP) is 3.28. The van der Waals surface area contributed by atoms with Crippen LogP contribution in [0.5, 0.6) is 0 Å². The number of carbonyl (C=O) groups is 1. The van der Waals surface area contributed by atoms with Gasteiger partial charge in [0.05, 0.1) is 0 Å². The lowest BCUT2D eigenvalue weighted by atomic mass is 9.70. The van der Waals surface area contributed by atoms with Gasteiger partial charge in [0, 0.05) is 12.3 Å². The summed E-state index contributed by atoms with van der Waals surface area (Å²) in [6.07, 6.45) is 4.83. The van der Waals surface area contributed by atoms with E-state index in [1.54, 1.807) is 0 Å². The van der Waals surface area contributed by atoms with E-state index in [1.807, 2.05) is 0 Å². The summed E-state index contributed by atoms with van der Waals surface area (Å²) in [5.41, 5.74) is 0.490. The summed E-state index contributed by atoms with van der Waals surface area (Å²) in [5.74, 6) is 4.30. The zero-order valence-corrected chi connectivity index (χ0v) is 10.1. The van der Waals surface area contributed by atoms with Gasteiger partial charge in [-0.05, 0) is 48.3 Å². The molecule has 1 heteroatoms. The van der Waals surface area contributed by atoms with Crippen LogP contribution in [-0.4, -0.2) is 5.78 Å². The Hall–Kier alpha value is -0.330. The van der Waals surface area contributed by atoms with E-state index in [2.05, 4.69) is 20.8 Å². The third kappa shape index (κ3) is 1.02. The molecule has 1 nitrogen and oxygen atoms in total. The molecule has 0 aromatic heterocycles. The van der Waals surface area contributed by atoms with Crippen molar-refractivity contribution in [1.82, 2.24) is 0 Å². The molecule has 0 unspecified atom stereocenters. The summed E-state index contributed by atoms with van der Waals surface area (Å²) >= 11 is 0. The Bertz CT molecular complexity index is 306. The fourth-order valence-corrected chi connectivity index (χ4v) is 4.97. The standard InChI is InChI=1S/C14H22O/c1-8(2)10-5-4-9(3)14-7-6-11(15)13(14)12(10)14/h8-10,12-13H,4-7H2,1-3H3/t9-,10-,12+,13+,14+/m0/s1. The van der Waals surface area contributed by atoms with Crippen molar-refractivity contribution in [3.05, 3.63) is 0 Å². The maximum Gasteiger partial charge on any atom is 0.136 e. The summed E-state index contributed by atoms with van der Waals surface area (Å²) in [5, 5.41) is 0. The summed E-state index contributed by atoms with van der Waals surface area (Å²) in [7, 11) is 0. The highest BCUT2D eigenvalue weighted by Gasteiger charge is 2.75. The normalized spacial score (nSPS) is 52.9. The summed E-state index contributed by atoms with van der Waals surface area (Å²) in [6.45, 7) is 7.07. The molecule has 0 aromatic rings. The van der Waals surface area contributed by atoms with Crippen molar-refractivity contribution in [2.45, 2.75) is 46.5 Å². The van der Waals surface area contributed by atoms with E-state index in [1.165, 1.54) is 19.3 Å². The number of rotatable bonds is 1. The highest BCUT2D eigenvalue weighted by molar-refractivity contribution is 5.88. The fourth-order valence-electron chi connectivity index (χ4n) is 4.97. The van der Waals surface area contributed by atoms with Crippen molar-refractivity contribution in [2.75, 3.05) is 0 Å². The Morgan fingerprint density at radius 1 is 1.33 bits per heavy atom. The van der Waals surface area contributed by atoms with E-state index in [9.17, 15) is 4.79 Å². The second-order valence-electron chi connectivity index (χ2n) is 6.47. The van der Waals surface area contributed by atoms with Crippen LogP contribution >= 0.6 is 0 Å². The fraction of sp³-hybridized carbons (Fsp3) is 0.929. The molecule has 5 atom stereocenters. The Morgan fingerprint density at radius 3 is 2.73 bits per heavy atom. The van der Waals surface area contributed by atoms with Gasteiger partial charge in [0.15, 0.2) is 0 Å². The van der Waals surface area contributed by atoms with Gasteiger partial charge in [0.25, 0.3) is 0 Å². The van der Waals surface area contributed by atoms with E-state index >= 15 is 0 Å². The summed E-state index contributed by atoms with van der Waals surface area (Å²) in [4.78, 5) is 11.9. The van der Waals surface area contributed by atoms with E-state index in [4.69, 9.17) is 0 Å².